The second kappa shape index (κ2) is 7.08. The Bertz CT molecular complexity index is 641. The molecule has 0 amide bonds. The van der Waals surface area contributed by atoms with Crippen LogP contribution in [0.4, 0.5) is 0 Å². The van der Waals surface area contributed by atoms with Gasteiger partial charge in [-0.15, -0.1) is 0 Å². The van der Waals surface area contributed by atoms with E-state index in [4.69, 9.17) is 9.47 Å². The highest BCUT2D eigenvalue weighted by atomic mass is 16.6. The van der Waals surface area contributed by atoms with Gasteiger partial charge in [-0.05, 0) is 62.5 Å². The Kier molecular flexibility index (Phi) is 4.95. The Hall–Kier alpha value is -1.20. The van der Waals surface area contributed by atoms with Crippen LogP contribution >= 0.6 is 0 Å². The van der Waals surface area contributed by atoms with Gasteiger partial charge in [0.2, 0.25) is 0 Å². The molecular formula is C22H30O4. The minimum absolute atomic E-state index is 0.0743. The summed E-state index contributed by atoms with van der Waals surface area (Å²) in [7, 11) is 0. The highest BCUT2D eigenvalue weighted by Gasteiger charge is 2.69. The molecule has 2 saturated heterocycles. The average molecular weight is 358 g/mol. The molecule has 2 spiro atoms. The van der Waals surface area contributed by atoms with Gasteiger partial charge in [-0.25, -0.2) is 0 Å². The van der Waals surface area contributed by atoms with Crippen LogP contribution in [0.15, 0.2) is 35.9 Å². The Morgan fingerprint density at radius 3 is 2.42 bits per heavy atom. The molecule has 2 heterocycles. The molecule has 4 rings (SSSR count). The predicted octanol–water partition coefficient (Wildman–Crippen LogP) is 3.47. The van der Waals surface area contributed by atoms with Crippen LogP contribution < -0.4 is 0 Å². The minimum atomic E-state index is -1.09. The molecule has 1 aromatic carbocycles. The molecule has 3 atom stereocenters. The maximum atomic E-state index is 12.1. The Morgan fingerprint density at radius 2 is 1.77 bits per heavy atom. The maximum Gasteiger partial charge on any atom is 0.129 e. The van der Waals surface area contributed by atoms with Gasteiger partial charge in [0.1, 0.15) is 16.8 Å². The Labute approximate surface area is 155 Å². The molecule has 3 fully saturated rings. The molecule has 0 unspecified atom stereocenters. The van der Waals surface area contributed by atoms with Crippen molar-refractivity contribution in [3.05, 3.63) is 41.5 Å². The molecule has 0 radical (unpaired) electrons. The lowest BCUT2D eigenvalue weighted by molar-refractivity contribution is -0.257. The molecule has 0 aromatic heterocycles. The number of hydrogen-bond acceptors (Lipinski definition) is 4. The zero-order chi connectivity index (χ0) is 18.1. The van der Waals surface area contributed by atoms with Gasteiger partial charge < -0.3 is 19.7 Å². The van der Waals surface area contributed by atoms with Crippen LogP contribution in [0.25, 0.3) is 6.08 Å². The summed E-state index contributed by atoms with van der Waals surface area (Å²) in [5.74, 6) is 0. The fraction of sp³-hybridized carbons (Fsp3) is 0.636. The van der Waals surface area contributed by atoms with E-state index in [2.05, 4.69) is 18.2 Å². The van der Waals surface area contributed by atoms with Crippen LogP contribution in [0.3, 0.4) is 0 Å². The van der Waals surface area contributed by atoms with Gasteiger partial charge in [0, 0.05) is 19.8 Å². The summed E-state index contributed by atoms with van der Waals surface area (Å²) in [6, 6.07) is 10.2. The van der Waals surface area contributed by atoms with E-state index in [1.807, 2.05) is 18.2 Å². The topological polar surface area (TPSA) is 58.9 Å². The first-order valence-corrected chi connectivity index (χ1v) is 10.0. The van der Waals surface area contributed by atoms with Gasteiger partial charge in [0.15, 0.2) is 0 Å². The second-order valence-electron chi connectivity index (χ2n) is 7.99. The van der Waals surface area contributed by atoms with Gasteiger partial charge in [-0.2, -0.15) is 0 Å². The lowest BCUT2D eigenvalue weighted by Gasteiger charge is -2.58. The molecule has 4 heteroatoms. The molecule has 142 valence electrons. The van der Waals surface area contributed by atoms with Crippen molar-refractivity contribution in [1.82, 2.24) is 0 Å². The van der Waals surface area contributed by atoms with E-state index in [0.29, 0.717) is 19.4 Å². The van der Waals surface area contributed by atoms with E-state index in [1.54, 1.807) is 0 Å². The monoisotopic (exact) mass is 358 g/mol. The van der Waals surface area contributed by atoms with Crippen molar-refractivity contribution in [2.45, 2.75) is 68.2 Å². The molecule has 1 aliphatic carbocycles. The van der Waals surface area contributed by atoms with Crippen molar-refractivity contribution in [3.63, 3.8) is 0 Å². The quantitative estimate of drug-likeness (QED) is 0.865. The summed E-state index contributed by atoms with van der Waals surface area (Å²) in [5, 5.41) is 21.6. The van der Waals surface area contributed by atoms with Crippen molar-refractivity contribution in [2.24, 2.45) is 0 Å². The largest absolute Gasteiger partial charge is 0.396 e. The Morgan fingerprint density at radius 1 is 1.00 bits per heavy atom. The van der Waals surface area contributed by atoms with Crippen molar-refractivity contribution < 1.29 is 19.7 Å². The molecule has 4 nitrogen and oxygen atoms in total. The minimum Gasteiger partial charge on any atom is -0.396 e. The lowest BCUT2D eigenvalue weighted by atomic mass is 9.57. The average Bonchev–Trinajstić information content (AvgIpc) is 3.34. The van der Waals surface area contributed by atoms with Gasteiger partial charge in [-0.1, -0.05) is 36.4 Å². The highest BCUT2D eigenvalue weighted by Crippen LogP contribution is 2.60. The van der Waals surface area contributed by atoms with Crippen LogP contribution in [0.2, 0.25) is 0 Å². The smallest absolute Gasteiger partial charge is 0.129 e. The van der Waals surface area contributed by atoms with E-state index >= 15 is 0 Å². The summed E-state index contributed by atoms with van der Waals surface area (Å²) >= 11 is 0. The van der Waals surface area contributed by atoms with E-state index < -0.39 is 11.2 Å². The molecule has 0 bridgehead atoms. The zero-order valence-corrected chi connectivity index (χ0v) is 15.5. The van der Waals surface area contributed by atoms with Crippen molar-refractivity contribution >= 4 is 6.08 Å². The summed E-state index contributed by atoms with van der Waals surface area (Å²) < 4.78 is 12.7. The number of aliphatic hydroxyl groups is 2. The van der Waals surface area contributed by atoms with E-state index in [9.17, 15) is 10.2 Å². The third-order valence-corrected chi connectivity index (χ3v) is 6.70. The van der Waals surface area contributed by atoms with Crippen LogP contribution in [0.5, 0.6) is 0 Å². The SMILES string of the molecule is OCCC[C@]1(O)/C(=C/c2ccccc2)CC[C@]2(CCCO2)[C@@]12CCCO2. The standard InChI is InChI=1S/C22H30O4/c23-14-4-11-21(24)19(17-18-7-2-1-3-8-18)9-13-20(10-5-15-25-20)22(21)12-6-16-26-22/h1-3,7-8,17,23-24H,4-6,9-16H2/b19-17+/t20-,21+,22+/m1/s1. The van der Waals surface area contributed by atoms with Crippen molar-refractivity contribution in [2.75, 3.05) is 19.8 Å². The van der Waals surface area contributed by atoms with Crippen LogP contribution in [0, 0.1) is 0 Å². The number of benzene rings is 1. The van der Waals surface area contributed by atoms with Crippen LogP contribution in [-0.4, -0.2) is 46.8 Å². The van der Waals surface area contributed by atoms with Gasteiger partial charge in [-0.3, -0.25) is 0 Å². The number of aliphatic hydroxyl groups excluding tert-OH is 1. The maximum absolute atomic E-state index is 12.1. The molecule has 1 aromatic rings. The first-order chi connectivity index (χ1) is 12.7. The summed E-state index contributed by atoms with van der Waals surface area (Å²) in [6.07, 6.45) is 8.65. The number of rotatable bonds is 4. The Balaban J connectivity index is 1.80. The number of ether oxygens (including phenoxy) is 2. The van der Waals surface area contributed by atoms with Gasteiger partial charge in [0.05, 0.1) is 0 Å². The zero-order valence-electron chi connectivity index (χ0n) is 15.5. The second-order valence-corrected chi connectivity index (χ2v) is 7.99. The van der Waals surface area contributed by atoms with Crippen LogP contribution in [0.1, 0.15) is 56.9 Å². The highest BCUT2D eigenvalue weighted by molar-refractivity contribution is 5.57. The third kappa shape index (κ3) is 2.66. The number of fused-ring (bicyclic) bond motifs is 1. The lowest BCUT2D eigenvalue weighted by Crippen LogP contribution is -2.70. The van der Waals surface area contributed by atoms with Gasteiger partial charge >= 0.3 is 0 Å². The fourth-order valence-corrected chi connectivity index (χ4v) is 5.56. The summed E-state index contributed by atoms with van der Waals surface area (Å²) in [6.45, 7) is 1.49. The molecular weight excluding hydrogens is 328 g/mol. The van der Waals surface area contributed by atoms with Crippen molar-refractivity contribution in [3.8, 4) is 0 Å². The third-order valence-electron chi connectivity index (χ3n) is 6.70. The van der Waals surface area contributed by atoms with E-state index in [1.165, 1.54) is 0 Å². The van der Waals surface area contributed by atoms with Crippen molar-refractivity contribution in [1.29, 1.82) is 0 Å². The van der Waals surface area contributed by atoms with Gasteiger partial charge in [0.25, 0.3) is 0 Å². The molecule has 26 heavy (non-hydrogen) atoms. The summed E-state index contributed by atoms with van der Waals surface area (Å²) in [5.41, 5.74) is -0.0433. The molecule has 2 aliphatic heterocycles. The van der Waals surface area contributed by atoms with Crippen LogP contribution in [-0.2, 0) is 9.47 Å². The molecule has 2 N–H and O–H groups in total. The molecule has 3 aliphatic rings. The first kappa shape index (κ1) is 18.2. The molecule has 1 saturated carbocycles. The number of hydrogen-bond donors (Lipinski definition) is 2. The summed E-state index contributed by atoms with van der Waals surface area (Å²) in [4.78, 5) is 0. The fourth-order valence-electron chi connectivity index (χ4n) is 5.56. The normalized spacial score (nSPS) is 38.6. The predicted molar refractivity (Wildman–Crippen MR) is 101 cm³/mol. The van der Waals surface area contributed by atoms with E-state index in [-0.39, 0.29) is 12.2 Å². The van der Waals surface area contributed by atoms with E-state index in [0.717, 1.165) is 56.3 Å². The first-order valence-electron chi connectivity index (χ1n) is 10.0.